The molecule has 1 rings (SSSR count). The van der Waals surface area contributed by atoms with Gasteiger partial charge in [-0.05, 0) is 48.4 Å². The molecule has 1 nitrogen and oxygen atoms in total. The molecule has 0 amide bonds. The van der Waals surface area contributed by atoms with Crippen LogP contribution < -0.4 is 0 Å². The molecule has 0 N–H and O–H groups in total. The van der Waals surface area contributed by atoms with E-state index in [1.54, 1.807) is 0 Å². The summed E-state index contributed by atoms with van der Waals surface area (Å²) in [6.07, 6.45) is 1.02. The first-order chi connectivity index (χ1) is 7.02. The summed E-state index contributed by atoms with van der Waals surface area (Å²) < 4.78 is 0. The van der Waals surface area contributed by atoms with Crippen molar-refractivity contribution in [2.45, 2.75) is 33.1 Å². The second-order valence-corrected chi connectivity index (χ2v) is 4.57. The topological polar surface area (TPSA) is 23.8 Å². The Balaban J connectivity index is 3.07. The molecule has 1 unspecified atom stereocenters. The molecule has 0 spiro atoms. The molecule has 0 aliphatic heterocycles. The molecule has 0 bridgehead atoms. The Hall–Kier alpha value is -1.29. The summed E-state index contributed by atoms with van der Waals surface area (Å²) in [5, 5.41) is 8.93. The minimum absolute atomic E-state index is 0.240. The summed E-state index contributed by atoms with van der Waals surface area (Å²) in [5.74, 6) is 0.858. The van der Waals surface area contributed by atoms with Gasteiger partial charge in [0, 0.05) is 0 Å². The van der Waals surface area contributed by atoms with E-state index < -0.39 is 0 Å². The number of hydrogen-bond acceptors (Lipinski definition) is 1. The molecule has 1 aromatic rings. The summed E-state index contributed by atoms with van der Waals surface area (Å²) in [5.41, 5.74) is 3.15. The number of nitriles is 1. The first-order valence-electron chi connectivity index (χ1n) is 5.40. The monoisotopic (exact) mass is 200 g/mol. The van der Waals surface area contributed by atoms with Gasteiger partial charge >= 0.3 is 0 Å². The van der Waals surface area contributed by atoms with E-state index in [1.807, 2.05) is 12.1 Å². The third kappa shape index (κ3) is 3.40. The number of nitrogens with zero attached hydrogens (tertiary/aromatic N) is 1. The molecule has 0 heterocycles. The Kier molecular flexibility index (Phi) is 3.91. The fraction of sp³-hybridized carbons (Fsp3) is 0.429. The third-order valence-corrected chi connectivity index (χ3v) is 2.36. The summed E-state index contributed by atoms with van der Waals surface area (Å²) in [7, 11) is 0. The van der Waals surface area contributed by atoms with Crippen LogP contribution in [0, 0.1) is 24.2 Å². The average Bonchev–Trinajstić information content (AvgIpc) is 2.16. The van der Waals surface area contributed by atoms with Gasteiger partial charge in [-0.1, -0.05) is 26.8 Å². The highest BCUT2D eigenvalue weighted by Crippen LogP contribution is 2.19. The average molecular weight is 200 g/mol. The fourth-order valence-electron chi connectivity index (χ4n) is 1.66. The van der Waals surface area contributed by atoms with Crippen molar-refractivity contribution in [3.05, 3.63) is 41.8 Å². The van der Waals surface area contributed by atoms with E-state index in [4.69, 9.17) is 5.26 Å². The number of benzene rings is 1. The van der Waals surface area contributed by atoms with Gasteiger partial charge < -0.3 is 0 Å². The predicted molar refractivity (Wildman–Crippen MR) is 63.5 cm³/mol. The first kappa shape index (κ1) is 11.8. The number of hydrogen-bond donors (Lipinski definition) is 0. The van der Waals surface area contributed by atoms with E-state index in [2.05, 4.69) is 39.8 Å². The summed E-state index contributed by atoms with van der Waals surface area (Å²) >= 11 is 0. The molecular formula is C14H18N. The molecule has 1 aromatic carbocycles. The minimum atomic E-state index is 0.240. The van der Waals surface area contributed by atoms with Gasteiger partial charge in [-0.3, -0.25) is 0 Å². The summed E-state index contributed by atoms with van der Waals surface area (Å²) in [6.45, 7) is 10.4. The smallest absolute Gasteiger partial charge is 0.0991 e. The molecule has 0 aromatic heterocycles. The van der Waals surface area contributed by atoms with Crippen LogP contribution >= 0.6 is 0 Å². The standard InChI is InChI=1S/C14H18N/c1-10(2)5-12-6-13(9-15)8-14(7-12)11(3)4/h6-8,10-11H,3,5H2,1-2,4H3. The van der Waals surface area contributed by atoms with Crippen LogP contribution in [0.5, 0.6) is 0 Å². The van der Waals surface area contributed by atoms with Crippen molar-refractivity contribution < 1.29 is 0 Å². The zero-order valence-corrected chi connectivity index (χ0v) is 9.75. The van der Waals surface area contributed by atoms with Gasteiger partial charge in [0.2, 0.25) is 0 Å². The molecule has 0 saturated heterocycles. The van der Waals surface area contributed by atoms with Crippen molar-refractivity contribution in [3.8, 4) is 6.07 Å². The Morgan fingerprint density at radius 1 is 1.27 bits per heavy atom. The molecule has 79 valence electrons. The second-order valence-electron chi connectivity index (χ2n) is 4.57. The van der Waals surface area contributed by atoms with Crippen LogP contribution in [0.2, 0.25) is 0 Å². The Morgan fingerprint density at radius 2 is 1.93 bits per heavy atom. The van der Waals surface area contributed by atoms with Crippen LogP contribution in [0.4, 0.5) is 0 Å². The lowest BCUT2D eigenvalue weighted by Crippen LogP contribution is -1.98. The summed E-state index contributed by atoms with van der Waals surface area (Å²) in [4.78, 5) is 0. The Bertz CT molecular complexity index is 369. The Labute approximate surface area is 92.7 Å². The number of rotatable bonds is 3. The lowest BCUT2D eigenvalue weighted by molar-refractivity contribution is 0.646. The molecule has 0 saturated carbocycles. The normalized spacial score (nSPS) is 10.7. The predicted octanol–water partition coefficient (Wildman–Crippen LogP) is 3.69. The van der Waals surface area contributed by atoms with Crippen molar-refractivity contribution in [3.63, 3.8) is 0 Å². The van der Waals surface area contributed by atoms with E-state index >= 15 is 0 Å². The van der Waals surface area contributed by atoms with Gasteiger partial charge in [-0.25, -0.2) is 0 Å². The molecule has 1 atom stereocenters. The maximum absolute atomic E-state index is 8.93. The van der Waals surface area contributed by atoms with E-state index in [0.29, 0.717) is 5.92 Å². The van der Waals surface area contributed by atoms with Crippen molar-refractivity contribution in [1.29, 1.82) is 5.26 Å². The quantitative estimate of drug-likeness (QED) is 0.730. The molecule has 15 heavy (non-hydrogen) atoms. The lowest BCUT2D eigenvalue weighted by Gasteiger charge is -2.10. The molecular weight excluding hydrogens is 182 g/mol. The molecule has 0 aliphatic carbocycles. The van der Waals surface area contributed by atoms with Gasteiger partial charge in [-0.15, -0.1) is 0 Å². The van der Waals surface area contributed by atoms with E-state index in [9.17, 15) is 0 Å². The zero-order chi connectivity index (χ0) is 11.4. The van der Waals surface area contributed by atoms with Crippen LogP contribution in [0.25, 0.3) is 0 Å². The maximum atomic E-state index is 8.93. The van der Waals surface area contributed by atoms with Crippen molar-refractivity contribution in [1.82, 2.24) is 0 Å². The molecule has 1 heteroatoms. The highest BCUT2D eigenvalue weighted by atomic mass is 14.2. The SMILES string of the molecule is [CH2]C(C)c1cc(C#N)cc(CC(C)C)c1. The van der Waals surface area contributed by atoms with Crippen LogP contribution in [0.3, 0.4) is 0 Å². The molecule has 1 radical (unpaired) electrons. The third-order valence-electron chi connectivity index (χ3n) is 2.36. The zero-order valence-electron chi connectivity index (χ0n) is 9.75. The summed E-state index contributed by atoms with van der Waals surface area (Å²) in [6, 6.07) is 8.28. The first-order valence-corrected chi connectivity index (χ1v) is 5.40. The van der Waals surface area contributed by atoms with Crippen LogP contribution in [-0.4, -0.2) is 0 Å². The van der Waals surface area contributed by atoms with Gasteiger partial charge in [0.05, 0.1) is 11.6 Å². The van der Waals surface area contributed by atoms with Crippen LogP contribution in [0.1, 0.15) is 43.4 Å². The van der Waals surface area contributed by atoms with Crippen LogP contribution in [-0.2, 0) is 6.42 Å². The second kappa shape index (κ2) is 4.98. The van der Waals surface area contributed by atoms with Gasteiger partial charge in [0.15, 0.2) is 0 Å². The minimum Gasteiger partial charge on any atom is -0.192 e. The fourth-order valence-corrected chi connectivity index (χ4v) is 1.66. The lowest BCUT2D eigenvalue weighted by atomic mass is 9.94. The van der Waals surface area contributed by atoms with Crippen molar-refractivity contribution in [2.24, 2.45) is 5.92 Å². The molecule has 0 fully saturated rings. The van der Waals surface area contributed by atoms with Crippen molar-refractivity contribution in [2.75, 3.05) is 0 Å². The Morgan fingerprint density at radius 3 is 2.40 bits per heavy atom. The van der Waals surface area contributed by atoms with Crippen molar-refractivity contribution >= 4 is 0 Å². The van der Waals surface area contributed by atoms with E-state index in [-0.39, 0.29) is 5.92 Å². The van der Waals surface area contributed by atoms with E-state index in [1.165, 1.54) is 5.56 Å². The maximum Gasteiger partial charge on any atom is 0.0991 e. The van der Waals surface area contributed by atoms with Gasteiger partial charge in [-0.2, -0.15) is 5.26 Å². The largest absolute Gasteiger partial charge is 0.192 e. The molecule has 0 aliphatic rings. The highest BCUT2D eigenvalue weighted by molar-refractivity contribution is 5.39. The highest BCUT2D eigenvalue weighted by Gasteiger charge is 2.05. The van der Waals surface area contributed by atoms with Gasteiger partial charge in [0.1, 0.15) is 0 Å². The van der Waals surface area contributed by atoms with Crippen LogP contribution in [0.15, 0.2) is 18.2 Å². The van der Waals surface area contributed by atoms with Gasteiger partial charge in [0.25, 0.3) is 0 Å². The van der Waals surface area contributed by atoms with E-state index in [0.717, 1.165) is 17.5 Å².